The number of hydrogen-bond acceptors (Lipinski definition) is 4. The lowest BCUT2D eigenvalue weighted by Crippen LogP contribution is -2.41. The molecule has 1 aromatic heterocycles. The number of hydrogen-bond donors (Lipinski definition) is 3. The van der Waals surface area contributed by atoms with E-state index in [0.29, 0.717) is 25.9 Å². The summed E-state index contributed by atoms with van der Waals surface area (Å²) in [5.41, 5.74) is 0. The zero-order valence-corrected chi connectivity index (χ0v) is 11.6. The third kappa shape index (κ3) is 7.34. The van der Waals surface area contributed by atoms with Crippen molar-refractivity contribution in [2.24, 2.45) is 0 Å². The third-order valence-corrected chi connectivity index (χ3v) is 2.73. The van der Waals surface area contributed by atoms with Crippen LogP contribution in [0.1, 0.15) is 32.6 Å². The Morgan fingerprint density at radius 2 is 2.20 bits per heavy atom. The maximum atomic E-state index is 11.5. The van der Waals surface area contributed by atoms with Crippen molar-refractivity contribution in [2.45, 2.75) is 45.2 Å². The molecule has 20 heavy (non-hydrogen) atoms. The lowest BCUT2D eigenvalue weighted by atomic mass is 10.1. The number of rotatable bonds is 9. The number of nitrogens with one attached hydrogen (secondary N) is 2. The van der Waals surface area contributed by atoms with Gasteiger partial charge in [-0.15, -0.1) is 5.10 Å². The lowest BCUT2D eigenvalue weighted by Gasteiger charge is -2.14. The molecular weight excluding hydrogens is 262 g/mol. The van der Waals surface area contributed by atoms with Gasteiger partial charge in [-0.05, 0) is 26.2 Å². The number of aromatic nitrogens is 3. The quantitative estimate of drug-likeness (QED) is 0.575. The number of aliphatic carboxylic acids is 1. The van der Waals surface area contributed by atoms with Gasteiger partial charge in [-0.3, -0.25) is 9.48 Å². The monoisotopic (exact) mass is 283 g/mol. The number of carboxylic acid groups (broad SMARTS) is 1. The molecule has 0 fully saturated rings. The predicted molar refractivity (Wildman–Crippen MR) is 72.1 cm³/mol. The van der Waals surface area contributed by atoms with Crippen LogP contribution in [0.25, 0.3) is 0 Å². The van der Waals surface area contributed by atoms with E-state index in [0.717, 1.165) is 6.42 Å². The number of carboxylic acids is 1. The van der Waals surface area contributed by atoms with E-state index in [1.165, 1.54) is 0 Å². The van der Waals surface area contributed by atoms with E-state index in [1.807, 2.05) is 6.92 Å². The standard InChI is InChI=1S/C12H21N5O3/c1-10(4-2-5-11(18)19)15-12(20)13-6-3-8-17-9-7-14-16-17/h7,9-10H,2-6,8H2,1H3,(H,18,19)(H2,13,15,20). The Balaban J connectivity index is 2.03. The molecule has 0 aliphatic rings. The first-order valence-corrected chi connectivity index (χ1v) is 6.68. The summed E-state index contributed by atoms with van der Waals surface area (Å²) in [5, 5.41) is 21.5. The molecule has 1 aromatic rings. The third-order valence-electron chi connectivity index (χ3n) is 2.73. The summed E-state index contributed by atoms with van der Waals surface area (Å²) >= 11 is 0. The topological polar surface area (TPSA) is 109 Å². The van der Waals surface area contributed by atoms with Crippen LogP contribution in [0.3, 0.4) is 0 Å². The van der Waals surface area contributed by atoms with Crippen LogP contribution in [0.15, 0.2) is 12.4 Å². The van der Waals surface area contributed by atoms with Gasteiger partial charge in [0.2, 0.25) is 0 Å². The largest absolute Gasteiger partial charge is 0.481 e. The fraction of sp³-hybridized carbons (Fsp3) is 0.667. The van der Waals surface area contributed by atoms with E-state index in [2.05, 4.69) is 20.9 Å². The van der Waals surface area contributed by atoms with E-state index in [4.69, 9.17) is 5.11 Å². The van der Waals surface area contributed by atoms with Gasteiger partial charge in [0.25, 0.3) is 0 Å². The first kappa shape index (κ1) is 15.9. The van der Waals surface area contributed by atoms with Crippen LogP contribution in [0.5, 0.6) is 0 Å². The number of aryl methyl sites for hydroxylation is 1. The Hall–Kier alpha value is -2.12. The van der Waals surface area contributed by atoms with Gasteiger partial charge in [-0.1, -0.05) is 5.21 Å². The van der Waals surface area contributed by atoms with Gasteiger partial charge in [0.15, 0.2) is 0 Å². The lowest BCUT2D eigenvalue weighted by molar-refractivity contribution is -0.137. The van der Waals surface area contributed by atoms with E-state index < -0.39 is 5.97 Å². The average molecular weight is 283 g/mol. The fourth-order valence-corrected chi connectivity index (χ4v) is 1.70. The molecule has 0 aliphatic heterocycles. The highest BCUT2D eigenvalue weighted by atomic mass is 16.4. The number of amides is 2. The second-order valence-electron chi connectivity index (χ2n) is 4.61. The van der Waals surface area contributed by atoms with Crippen molar-refractivity contribution in [3.63, 3.8) is 0 Å². The molecule has 0 aromatic carbocycles. The Labute approximate surface area is 117 Å². The molecule has 1 unspecified atom stereocenters. The summed E-state index contributed by atoms with van der Waals surface area (Å²) in [7, 11) is 0. The van der Waals surface area contributed by atoms with Crippen LogP contribution >= 0.6 is 0 Å². The summed E-state index contributed by atoms with van der Waals surface area (Å²) < 4.78 is 1.70. The zero-order valence-electron chi connectivity index (χ0n) is 11.6. The summed E-state index contributed by atoms with van der Waals surface area (Å²) in [6.45, 7) is 3.11. The molecule has 0 radical (unpaired) electrons. The minimum Gasteiger partial charge on any atom is -0.481 e. The molecule has 2 amide bonds. The number of carbonyl (C=O) groups is 2. The van der Waals surface area contributed by atoms with Gasteiger partial charge in [0.1, 0.15) is 0 Å². The van der Waals surface area contributed by atoms with Crippen molar-refractivity contribution in [1.29, 1.82) is 0 Å². The molecule has 8 nitrogen and oxygen atoms in total. The van der Waals surface area contributed by atoms with Crippen molar-refractivity contribution in [1.82, 2.24) is 25.6 Å². The molecular formula is C12H21N5O3. The molecule has 8 heteroatoms. The molecule has 0 bridgehead atoms. The highest BCUT2D eigenvalue weighted by Crippen LogP contribution is 2.00. The minimum absolute atomic E-state index is 0.0373. The minimum atomic E-state index is -0.810. The zero-order chi connectivity index (χ0) is 14.8. The summed E-state index contributed by atoms with van der Waals surface area (Å²) in [4.78, 5) is 21.9. The number of nitrogens with zero attached hydrogens (tertiary/aromatic N) is 3. The van der Waals surface area contributed by atoms with Crippen molar-refractivity contribution >= 4 is 12.0 Å². The molecule has 0 saturated carbocycles. The SMILES string of the molecule is CC(CCCC(=O)O)NC(=O)NCCCn1ccnn1. The van der Waals surface area contributed by atoms with Crippen LogP contribution in [-0.4, -0.2) is 44.7 Å². The molecule has 1 atom stereocenters. The second-order valence-corrected chi connectivity index (χ2v) is 4.61. The van der Waals surface area contributed by atoms with Gasteiger partial charge >= 0.3 is 12.0 Å². The van der Waals surface area contributed by atoms with Crippen molar-refractivity contribution in [3.8, 4) is 0 Å². The molecule has 1 heterocycles. The predicted octanol–water partition coefficient (Wildman–Crippen LogP) is 0.611. The Morgan fingerprint density at radius 3 is 2.85 bits per heavy atom. The molecule has 0 spiro atoms. The van der Waals surface area contributed by atoms with Crippen molar-refractivity contribution in [2.75, 3.05) is 6.54 Å². The number of urea groups is 1. The molecule has 0 aliphatic carbocycles. The van der Waals surface area contributed by atoms with Crippen LogP contribution in [0.2, 0.25) is 0 Å². The van der Waals surface area contributed by atoms with E-state index in [1.54, 1.807) is 17.1 Å². The first-order chi connectivity index (χ1) is 9.58. The Morgan fingerprint density at radius 1 is 1.40 bits per heavy atom. The van der Waals surface area contributed by atoms with Gasteiger partial charge in [0.05, 0.1) is 6.20 Å². The maximum Gasteiger partial charge on any atom is 0.314 e. The highest BCUT2D eigenvalue weighted by Gasteiger charge is 2.07. The van der Waals surface area contributed by atoms with E-state index in [-0.39, 0.29) is 18.5 Å². The molecule has 1 rings (SSSR count). The number of carbonyl (C=O) groups excluding carboxylic acids is 1. The molecule has 0 saturated heterocycles. The van der Waals surface area contributed by atoms with Gasteiger partial charge in [-0.2, -0.15) is 0 Å². The van der Waals surface area contributed by atoms with Crippen LogP contribution in [0, 0.1) is 0 Å². The van der Waals surface area contributed by atoms with Crippen molar-refractivity contribution in [3.05, 3.63) is 12.4 Å². The molecule has 3 N–H and O–H groups in total. The van der Waals surface area contributed by atoms with Crippen LogP contribution in [-0.2, 0) is 11.3 Å². The van der Waals surface area contributed by atoms with Crippen LogP contribution < -0.4 is 10.6 Å². The second kappa shape index (κ2) is 8.89. The summed E-state index contributed by atoms with van der Waals surface area (Å²) in [6, 6.07) is -0.268. The summed E-state index contributed by atoms with van der Waals surface area (Å²) in [5.74, 6) is -0.810. The van der Waals surface area contributed by atoms with Crippen LogP contribution in [0.4, 0.5) is 4.79 Å². The van der Waals surface area contributed by atoms with E-state index in [9.17, 15) is 9.59 Å². The normalized spacial score (nSPS) is 11.8. The molecule has 112 valence electrons. The van der Waals surface area contributed by atoms with Crippen molar-refractivity contribution < 1.29 is 14.7 Å². The van der Waals surface area contributed by atoms with E-state index >= 15 is 0 Å². The maximum absolute atomic E-state index is 11.5. The average Bonchev–Trinajstić information content (AvgIpc) is 2.87. The Kier molecular flexibility index (Phi) is 7.08. The van der Waals surface area contributed by atoms with Gasteiger partial charge in [0, 0.05) is 31.7 Å². The smallest absolute Gasteiger partial charge is 0.314 e. The highest BCUT2D eigenvalue weighted by molar-refractivity contribution is 5.74. The Bertz CT molecular complexity index is 407. The first-order valence-electron chi connectivity index (χ1n) is 6.68. The fourth-order valence-electron chi connectivity index (χ4n) is 1.70. The van der Waals surface area contributed by atoms with Gasteiger partial charge < -0.3 is 15.7 Å². The van der Waals surface area contributed by atoms with Gasteiger partial charge in [-0.25, -0.2) is 4.79 Å². The summed E-state index contributed by atoms with van der Waals surface area (Å²) in [6.07, 6.45) is 5.49.